The van der Waals surface area contributed by atoms with Crippen molar-refractivity contribution in [1.29, 1.82) is 0 Å². The molecule has 0 aromatic rings. The van der Waals surface area contributed by atoms with Crippen molar-refractivity contribution in [3.63, 3.8) is 0 Å². The maximum absolute atomic E-state index is 12.7. The first-order valence-electron chi connectivity index (χ1n) is 5.03. The molecule has 4 atom stereocenters. The van der Waals surface area contributed by atoms with Crippen molar-refractivity contribution in [3.05, 3.63) is 0 Å². The summed E-state index contributed by atoms with van der Waals surface area (Å²) in [5.74, 6) is 0.289. The Balaban J connectivity index is 2.10. The van der Waals surface area contributed by atoms with E-state index in [1.54, 1.807) is 13.8 Å². The second-order valence-electron chi connectivity index (χ2n) is 4.60. The predicted octanol–water partition coefficient (Wildman–Crippen LogP) is 0.680. The van der Waals surface area contributed by atoms with Crippen LogP contribution in [0.1, 0.15) is 20.3 Å². The molecule has 2 saturated heterocycles. The van der Waals surface area contributed by atoms with Crippen LogP contribution in [-0.4, -0.2) is 36.7 Å². The average Bonchev–Trinajstić information content (AvgIpc) is 2.60. The molecule has 0 amide bonds. The lowest BCUT2D eigenvalue weighted by molar-refractivity contribution is -0.119. The Bertz CT molecular complexity index is 259. The van der Waals surface area contributed by atoms with Crippen molar-refractivity contribution >= 4 is 5.78 Å². The maximum atomic E-state index is 12.7. The van der Waals surface area contributed by atoms with Crippen LogP contribution in [0.4, 0.5) is 4.39 Å². The van der Waals surface area contributed by atoms with E-state index in [0.717, 1.165) is 0 Å². The number of hydrogen-bond donors (Lipinski definition) is 1. The van der Waals surface area contributed by atoms with Crippen LogP contribution in [0, 0.1) is 5.92 Å². The molecule has 80 valence electrons. The van der Waals surface area contributed by atoms with Crippen molar-refractivity contribution in [1.82, 2.24) is 5.32 Å². The number of alkyl halides is 1. The molecule has 0 aliphatic carbocycles. The number of hydrogen-bond acceptors (Lipinski definition) is 3. The van der Waals surface area contributed by atoms with E-state index in [2.05, 4.69) is 5.32 Å². The Morgan fingerprint density at radius 2 is 2.43 bits per heavy atom. The zero-order chi connectivity index (χ0) is 10.3. The number of nitrogens with one attached hydrogen (secondary N) is 1. The van der Waals surface area contributed by atoms with Gasteiger partial charge in [-0.15, -0.1) is 0 Å². The predicted molar refractivity (Wildman–Crippen MR) is 49.8 cm³/mol. The largest absolute Gasteiger partial charge is 0.368 e. The summed E-state index contributed by atoms with van der Waals surface area (Å²) in [5.41, 5.74) is -0.662. The van der Waals surface area contributed by atoms with Crippen molar-refractivity contribution in [2.24, 2.45) is 5.92 Å². The minimum atomic E-state index is -0.662. The molecule has 3 unspecified atom stereocenters. The number of carbonyl (C=O) groups excluding carboxylic acids is 1. The fourth-order valence-electron chi connectivity index (χ4n) is 2.58. The van der Waals surface area contributed by atoms with Crippen LogP contribution < -0.4 is 5.32 Å². The van der Waals surface area contributed by atoms with Gasteiger partial charge in [0.25, 0.3) is 0 Å². The van der Waals surface area contributed by atoms with E-state index >= 15 is 0 Å². The van der Waals surface area contributed by atoms with E-state index in [1.807, 2.05) is 0 Å². The average molecular weight is 201 g/mol. The van der Waals surface area contributed by atoms with E-state index in [9.17, 15) is 9.18 Å². The summed E-state index contributed by atoms with van der Waals surface area (Å²) in [6.45, 7) is 3.56. The Kier molecular flexibility index (Phi) is 2.35. The molecule has 3 nitrogen and oxygen atoms in total. The third-order valence-electron chi connectivity index (χ3n) is 3.27. The Morgan fingerprint density at radius 1 is 1.71 bits per heavy atom. The summed E-state index contributed by atoms with van der Waals surface area (Å²) < 4.78 is 18.3. The van der Waals surface area contributed by atoms with Gasteiger partial charge in [-0.2, -0.15) is 0 Å². The second-order valence-corrected chi connectivity index (χ2v) is 4.60. The molecule has 14 heavy (non-hydrogen) atoms. The second kappa shape index (κ2) is 3.28. The lowest BCUT2D eigenvalue weighted by atomic mass is 9.89. The van der Waals surface area contributed by atoms with Gasteiger partial charge in [-0.05, 0) is 20.3 Å². The van der Waals surface area contributed by atoms with Gasteiger partial charge in [0.2, 0.25) is 0 Å². The quantitative estimate of drug-likeness (QED) is 0.714. The van der Waals surface area contributed by atoms with E-state index in [-0.39, 0.29) is 23.8 Å². The Hall–Kier alpha value is -0.480. The molecule has 0 radical (unpaired) electrons. The molecule has 0 bridgehead atoms. The molecule has 2 aliphatic rings. The summed E-state index contributed by atoms with van der Waals surface area (Å²) in [6.07, 6.45) is 0.662. The van der Waals surface area contributed by atoms with Crippen LogP contribution in [0.2, 0.25) is 0 Å². The normalized spacial score (nSPS) is 46.6. The number of carbonyl (C=O) groups is 1. The van der Waals surface area contributed by atoms with Crippen LogP contribution in [-0.2, 0) is 9.53 Å². The molecule has 2 fully saturated rings. The summed E-state index contributed by atoms with van der Waals surface area (Å²) >= 11 is 0. The number of fused-ring (bicyclic) bond motifs is 1. The van der Waals surface area contributed by atoms with E-state index in [4.69, 9.17) is 4.74 Å². The molecule has 0 aromatic heterocycles. The van der Waals surface area contributed by atoms with Crippen LogP contribution in [0.15, 0.2) is 0 Å². The van der Waals surface area contributed by atoms with Gasteiger partial charge in [-0.3, -0.25) is 4.79 Å². The zero-order valence-corrected chi connectivity index (χ0v) is 8.55. The summed E-state index contributed by atoms with van der Waals surface area (Å²) in [4.78, 5) is 11.3. The molecule has 2 heterocycles. The van der Waals surface area contributed by atoms with Crippen LogP contribution in [0.25, 0.3) is 0 Å². The van der Waals surface area contributed by atoms with Crippen LogP contribution in [0.3, 0.4) is 0 Å². The van der Waals surface area contributed by atoms with Gasteiger partial charge in [0, 0.05) is 12.5 Å². The maximum Gasteiger partial charge on any atom is 0.147 e. The first-order valence-corrected chi connectivity index (χ1v) is 5.03. The van der Waals surface area contributed by atoms with Crippen molar-refractivity contribution in [3.8, 4) is 0 Å². The van der Waals surface area contributed by atoms with Gasteiger partial charge in [-0.1, -0.05) is 0 Å². The molecule has 0 aromatic carbocycles. The topological polar surface area (TPSA) is 38.3 Å². The van der Waals surface area contributed by atoms with Gasteiger partial charge in [-0.25, -0.2) is 4.39 Å². The lowest BCUT2D eigenvalue weighted by Gasteiger charge is -2.21. The molecule has 1 N–H and O–H groups in total. The Labute approximate surface area is 83.0 Å². The zero-order valence-electron chi connectivity index (χ0n) is 8.55. The smallest absolute Gasteiger partial charge is 0.147 e. The fraction of sp³-hybridized carbons (Fsp3) is 0.900. The van der Waals surface area contributed by atoms with Gasteiger partial charge in [0.15, 0.2) is 0 Å². The molecule has 0 saturated carbocycles. The monoisotopic (exact) mass is 201 g/mol. The summed E-state index contributed by atoms with van der Waals surface area (Å²) in [5, 5.41) is 3.12. The highest BCUT2D eigenvalue weighted by atomic mass is 19.1. The first kappa shape index (κ1) is 10.1. The Morgan fingerprint density at radius 3 is 3.00 bits per heavy atom. The van der Waals surface area contributed by atoms with Crippen LogP contribution >= 0.6 is 0 Å². The highest BCUT2D eigenvalue weighted by molar-refractivity contribution is 5.82. The highest BCUT2D eigenvalue weighted by Gasteiger charge is 2.50. The number of rotatable bonds is 2. The minimum absolute atomic E-state index is 0.0182. The number of Topliss-reactive ketones (excluding diaryl/α,β-unsaturated/α-hetero) is 1. The third kappa shape index (κ3) is 1.46. The highest BCUT2D eigenvalue weighted by Crippen LogP contribution is 2.39. The molecule has 2 aliphatic heterocycles. The first-order chi connectivity index (χ1) is 6.56. The molecular weight excluding hydrogens is 185 g/mol. The van der Waals surface area contributed by atoms with Gasteiger partial charge < -0.3 is 10.1 Å². The number of ketones is 1. The molecule has 0 spiro atoms. The van der Waals surface area contributed by atoms with Gasteiger partial charge in [0.05, 0.1) is 17.7 Å². The number of halogens is 1. The van der Waals surface area contributed by atoms with Gasteiger partial charge >= 0.3 is 0 Å². The summed E-state index contributed by atoms with van der Waals surface area (Å²) in [6, 6.07) is -0.131. The number of ether oxygens (including phenoxy) is 1. The summed E-state index contributed by atoms with van der Waals surface area (Å²) in [7, 11) is 0. The van der Waals surface area contributed by atoms with E-state index in [1.165, 1.54) is 0 Å². The lowest BCUT2D eigenvalue weighted by Crippen LogP contribution is -2.37. The SMILES string of the molecule is CC(=O)[C@H]1NCC2OC(C)(CF)CC21. The molecule has 4 heteroatoms. The van der Waals surface area contributed by atoms with Crippen molar-refractivity contribution in [2.45, 2.75) is 38.0 Å². The van der Waals surface area contributed by atoms with E-state index < -0.39 is 12.3 Å². The minimum Gasteiger partial charge on any atom is -0.368 e. The molecular formula is C10H16FNO2. The third-order valence-corrected chi connectivity index (χ3v) is 3.27. The standard InChI is InChI=1S/C10H16FNO2/c1-6(13)9-7-3-10(2,5-11)14-8(7)4-12-9/h7-9,12H,3-5H2,1-2H3/t7?,8?,9-,10?/m1/s1. The van der Waals surface area contributed by atoms with Crippen molar-refractivity contribution < 1.29 is 13.9 Å². The fourth-order valence-corrected chi connectivity index (χ4v) is 2.58. The van der Waals surface area contributed by atoms with Crippen molar-refractivity contribution in [2.75, 3.05) is 13.2 Å². The van der Waals surface area contributed by atoms with Crippen LogP contribution in [0.5, 0.6) is 0 Å². The van der Waals surface area contributed by atoms with Gasteiger partial charge in [0.1, 0.15) is 12.5 Å². The molecule has 2 rings (SSSR count). The van der Waals surface area contributed by atoms with E-state index in [0.29, 0.717) is 13.0 Å².